The molecule has 0 amide bonds. The van der Waals surface area contributed by atoms with Crippen LogP contribution in [0.25, 0.3) is 0 Å². The maximum Gasteiger partial charge on any atom is 0.482 e. The molecule has 0 heterocycles. The molecule has 0 bridgehead atoms. The fourth-order valence-electron chi connectivity index (χ4n) is 1.85. The van der Waals surface area contributed by atoms with Crippen molar-refractivity contribution < 1.29 is 3.79 Å². The van der Waals surface area contributed by atoms with Gasteiger partial charge in [0.1, 0.15) is 0 Å². The first-order chi connectivity index (χ1) is 7.18. The Morgan fingerprint density at radius 3 is 1.39 bits per heavy atom. The molecule has 1 nitrogen and oxygen atoms in total. The Labute approximate surface area is 132 Å². The van der Waals surface area contributed by atoms with Crippen molar-refractivity contribution in [2.75, 3.05) is 0 Å². The van der Waals surface area contributed by atoms with Gasteiger partial charge in [0.15, 0.2) is 0 Å². The molecule has 0 aliphatic heterocycles. The van der Waals surface area contributed by atoms with Gasteiger partial charge in [-0.15, -0.1) is 24.8 Å². The third-order valence-electron chi connectivity index (χ3n) is 2.75. The highest BCUT2D eigenvalue weighted by Crippen LogP contribution is 2.38. The van der Waals surface area contributed by atoms with Crippen LogP contribution in [0.3, 0.4) is 0 Å². The molecule has 0 saturated carbocycles. The highest BCUT2D eigenvalue weighted by Gasteiger charge is 2.24. The molecule has 1 rings (SSSR count). The lowest BCUT2D eigenvalue weighted by Crippen LogP contribution is -2.18. The second-order valence-corrected chi connectivity index (χ2v) is 6.54. The van der Waals surface area contributed by atoms with Gasteiger partial charge in [0.25, 0.3) is 0 Å². The molecule has 0 aliphatic carbocycles. The fraction of sp³-hybridized carbons (Fsp3) is 0.571. The standard InChI is InChI=1S/C14H22O.Al.2ClH/c1-13(2,3)10-8-7-9-11(12(10)15)14(4,5)6;;;/h7-9,15H,1-6H3;;2*1H/q;+1;;/p-1. The van der Waals surface area contributed by atoms with Gasteiger partial charge in [-0.25, -0.2) is 0 Å². The number of benzene rings is 1. The number of halogens is 2. The second-order valence-electron chi connectivity index (χ2n) is 6.30. The van der Waals surface area contributed by atoms with Gasteiger partial charge in [-0.3, -0.25) is 0 Å². The summed E-state index contributed by atoms with van der Waals surface area (Å²) in [6, 6.07) is 6.41. The van der Waals surface area contributed by atoms with Gasteiger partial charge in [-0.2, -0.15) is 0 Å². The SMILES string of the molecule is CC(C)(C)c1cccc(C(C)(C)C)c1[O][Al].Cl.Cl. The summed E-state index contributed by atoms with van der Waals surface area (Å²) in [5, 5.41) is 0. The molecular weight excluding hydrogens is 282 g/mol. The van der Waals surface area contributed by atoms with E-state index in [2.05, 4.69) is 76.4 Å². The molecule has 2 radical (unpaired) electrons. The largest absolute Gasteiger partial charge is 0.653 e. The summed E-state index contributed by atoms with van der Waals surface area (Å²) in [5.74, 6) is 1.01. The van der Waals surface area contributed by atoms with Gasteiger partial charge in [0.05, 0.1) is 5.75 Å². The molecule has 102 valence electrons. The lowest BCUT2D eigenvalue weighted by atomic mass is 9.80. The lowest BCUT2D eigenvalue weighted by Gasteiger charge is -2.29. The van der Waals surface area contributed by atoms with E-state index in [1.54, 1.807) is 0 Å². The Kier molecular flexibility index (Phi) is 8.02. The van der Waals surface area contributed by atoms with Gasteiger partial charge < -0.3 is 3.79 Å². The zero-order valence-corrected chi connectivity index (χ0v) is 14.8. The van der Waals surface area contributed by atoms with Crippen molar-refractivity contribution in [3.8, 4) is 5.75 Å². The highest BCUT2D eigenvalue weighted by atomic mass is 35.5. The number of hydrogen-bond donors (Lipinski definition) is 0. The highest BCUT2D eigenvalue weighted by molar-refractivity contribution is 6.00. The van der Waals surface area contributed by atoms with Crippen LogP contribution in [0, 0.1) is 0 Å². The fourth-order valence-corrected chi connectivity index (χ4v) is 2.10. The number of para-hydroxylation sites is 1. The Bertz CT molecular complexity index is 346. The Morgan fingerprint density at radius 2 is 1.17 bits per heavy atom. The van der Waals surface area contributed by atoms with Gasteiger partial charge in [-0.05, 0) is 22.0 Å². The summed E-state index contributed by atoms with van der Waals surface area (Å²) in [6.45, 7) is 13.3. The van der Waals surface area contributed by atoms with E-state index >= 15 is 0 Å². The van der Waals surface area contributed by atoms with Crippen LogP contribution in [-0.2, 0) is 10.8 Å². The predicted octanol–water partition coefficient (Wildman–Crippen LogP) is 4.59. The van der Waals surface area contributed by atoms with Crippen LogP contribution in [-0.4, -0.2) is 16.6 Å². The predicted molar refractivity (Wildman–Crippen MR) is 84.7 cm³/mol. The first-order valence-corrected chi connectivity index (χ1v) is 6.16. The van der Waals surface area contributed by atoms with Crippen LogP contribution in [0.4, 0.5) is 0 Å². The zero-order chi connectivity index (χ0) is 12.6. The van der Waals surface area contributed by atoms with Crippen molar-refractivity contribution in [1.29, 1.82) is 0 Å². The molecule has 4 heteroatoms. The minimum absolute atomic E-state index is 0. The lowest BCUT2D eigenvalue weighted by molar-refractivity contribution is 0.501. The van der Waals surface area contributed by atoms with Crippen molar-refractivity contribution in [3.05, 3.63) is 29.3 Å². The summed E-state index contributed by atoms with van der Waals surface area (Å²) >= 11 is 2.38. The Balaban J connectivity index is 0. The van der Waals surface area contributed by atoms with Gasteiger partial charge >= 0.3 is 16.6 Å². The molecular formula is C14H23AlCl2O. The van der Waals surface area contributed by atoms with E-state index in [4.69, 9.17) is 3.79 Å². The summed E-state index contributed by atoms with van der Waals surface area (Å²) < 4.78 is 5.55. The molecule has 0 fully saturated rings. The topological polar surface area (TPSA) is 9.23 Å². The third kappa shape index (κ3) is 4.67. The van der Waals surface area contributed by atoms with E-state index in [0.29, 0.717) is 0 Å². The summed E-state index contributed by atoms with van der Waals surface area (Å²) in [7, 11) is 0. The van der Waals surface area contributed by atoms with E-state index in [1.165, 1.54) is 11.1 Å². The van der Waals surface area contributed by atoms with E-state index in [1.807, 2.05) is 0 Å². The van der Waals surface area contributed by atoms with Gasteiger partial charge in [-0.1, -0.05) is 59.7 Å². The molecule has 0 N–H and O–H groups in total. The summed E-state index contributed by atoms with van der Waals surface area (Å²) in [6.07, 6.45) is 0. The third-order valence-corrected chi connectivity index (χ3v) is 2.98. The molecule has 0 unspecified atom stereocenters. The van der Waals surface area contributed by atoms with E-state index in [-0.39, 0.29) is 35.6 Å². The molecule has 0 atom stereocenters. The van der Waals surface area contributed by atoms with E-state index in [9.17, 15) is 0 Å². The molecule has 0 aromatic heterocycles. The molecule has 1 aromatic rings. The first-order valence-electron chi connectivity index (χ1n) is 5.68. The minimum Gasteiger partial charge on any atom is -0.653 e. The van der Waals surface area contributed by atoms with Crippen molar-refractivity contribution in [1.82, 2.24) is 0 Å². The van der Waals surface area contributed by atoms with Crippen LogP contribution in [0.5, 0.6) is 5.75 Å². The zero-order valence-electron chi connectivity index (χ0n) is 12.0. The maximum absolute atomic E-state index is 5.55. The van der Waals surface area contributed by atoms with E-state index < -0.39 is 0 Å². The molecule has 18 heavy (non-hydrogen) atoms. The average Bonchev–Trinajstić information content (AvgIpc) is 2.13. The maximum atomic E-state index is 5.55. The van der Waals surface area contributed by atoms with Gasteiger partial charge in [0.2, 0.25) is 0 Å². The van der Waals surface area contributed by atoms with Crippen molar-refractivity contribution in [2.24, 2.45) is 0 Å². The normalized spacial score (nSPS) is 11.2. The van der Waals surface area contributed by atoms with Crippen LogP contribution >= 0.6 is 24.8 Å². The molecule has 0 aliphatic rings. The monoisotopic (exact) mass is 304 g/mol. The quantitative estimate of drug-likeness (QED) is 0.690. The number of rotatable bonds is 1. The summed E-state index contributed by atoms with van der Waals surface area (Å²) in [5.41, 5.74) is 2.73. The smallest absolute Gasteiger partial charge is 0.482 e. The first kappa shape index (κ1) is 20.5. The van der Waals surface area contributed by atoms with Crippen LogP contribution in [0.2, 0.25) is 0 Å². The minimum atomic E-state index is 0. The summed E-state index contributed by atoms with van der Waals surface area (Å²) in [4.78, 5) is 0. The van der Waals surface area contributed by atoms with Crippen molar-refractivity contribution >= 4 is 41.4 Å². The Hall–Kier alpha value is 0.132. The Morgan fingerprint density at radius 1 is 0.833 bits per heavy atom. The molecule has 1 aromatic carbocycles. The van der Waals surface area contributed by atoms with E-state index in [0.717, 1.165) is 5.75 Å². The van der Waals surface area contributed by atoms with Gasteiger partial charge in [0, 0.05) is 0 Å². The van der Waals surface area contributed by atoms with Crippen molar-refractivity contribution in [2.45, 2.75) is 52.4 Å². The average molecular weight is 305 g/mol. The van der Waals surface area contributed by atoms with Crippen molar-refractivity contribution in [3.63, 3.8) is 0 Å². The molecule has 0 spiro atoms. The number of hydrogen-bond acceptors (Lipinski definition) is 1. The van der Waals surface area contributed by atoms with Crippen LogP contribution < -0.4 is 3.79 Å². The van der Waals surface area contributed by atoms with Crippen LogP contribution in [0.1, 0.15) is 52.7 Å². The second kappa shape index (κ2) is 7.06. The van der Waals surface area contributed by atoms with Crippen LogP contribution in [0.15, 0.2) is 18.2 Å². The molecule has 0 saturated heterocycles.